The second-order valence-electron chi connectivity index (χ2n) is 11.6. The number of hydrogen-bond donors (Lipinski definition) is 0. The molecular weight excluding hydrogens is 412 g/mol. The predicted octanol–water partition coefficient (Wildman–Crippen LogP) is 9.86. The zero-order valence-corrected chi connectivity index (χ0v) is 24.3. The van der Waals surface area contributed by atoms with Crippen LogP contribution in [0.1, 0.15) is 162 Å². The fraction of sp³-hybridized carbons (Fsp3) is 1.00. The van der Waals surface area contributed by atoms with Crippen LogP contribution in [0.4, 0.5) is 0 Å². The van der Waals surface area contributed by atoms with Gasteiger partial charge in [0.05, 0.1) is 0 Å². The van der Waals surface area contributed by atoms with Crippen molar-refractivity contribution in [1.29, 1.82) is 0 Å². The molecule has 0 aliphatic carbocycles. The Balaban J connectivity index is 2.21. The van der Waals surface area contributed by atoms with E-state index in [1.807, 2.05) is 0 Å². The Labute approximate surface area is 217 Å². The van der Waals surface area contributed by atoms with Gasteiger partial charge in [-0.25, -0.2) is 0 Å². The molecule has 0 bridgehead atoms. The van der Waals surface area contributed by atoms with Crippen LogP contribution in [0.15, 0.2) is 0 Å². The van der Waals surface area contributed by atoms with Crippen molar-refractivity contribution in [3.8, 4) is 0 Å². The summed E-state index contributed by atoms with van der Waals surface area (Å²) in [6, 6.07) is 0. The molecule has 0 aromatic heterocycles. The van der Waals surface area contributed by atoms with Crippen LogP contribution in [0.2, 0.25) is 0 Å². The van der Waals surface area contributed by atoms with Crippen LogP contribution in [0.3, 0.4) is 0 Å². The molecule has 0 radical (unpaired) electrons. The molecule has 1 atom stereocenters. The highest BCUT2D eigenvalue weighted by molar-refractivity contribution is 4.75. The van der Waals surface area contributed by atoms with Gasteiger partial charge in [0.1, 0.15) is 0 Å². The maximum Gasteiger partial charge on any atom is 0.0110 e. The SMILES string of the molecule is CCCCCCCCCCC(CCCCCCCC)CN1CCN(CCCCCCCC)CC1. The molecule has 1 aliphatic heterocycles. The molecule has 1 saturated heterocycles. The smallest absolute Gasteiger partial charge is 0.0110 e. The van der Waals surface area contributed by atoms with Crippen molar-refractivity contribution in [2.75, 3.05) is 39.3 Å². The number of rotatable bonds is 25. The van der Waals surface area contributed by atoms with E-state index in [0.717, 1.165) is 5.92 Å². The molecule has 1 aliphatic rings. The maximum absolute atomic E-state index is 2.82. The first-order valence-electron chi connectivity index (χ1n) is 16.2. The Hall–Kier alpha value is -0.0800. The lowest BCUT2D eigenvalue weighted by Gasteiger charge is -2.36. The quantitative estimate of drug-likeness (QED) is 0.120. The molecule has 1 heterocycles. The summed E-state index contributed by atoms with van der Waals surface area (Å²) in [6.45, 7) is 15.0. The van der Waals surface area contributed by atoms with Gasteiger partial charge in [0.25, 0.3) is 0 Å². The molecule has 0 aromatic carbocycles. The Bertz CT molecular complexity index is 388. The lowest BCUT2D eigenvalue weighted by molar-refractivity contribution is 0.111. The zero-order valence-electron chi connectivity index (χ0n) is 24.3. The second-order valence-corrected chi connectivity index (χ2v) is 11.6. The van der Waals surface area contributed by atoms with E-state index in [1.54, 1.807) is 0 Å². The molecule has 2 nitrogen and oxygen atoms in total. The first-order chi connectivity index (χ1) is 16.8. The van der Waals surface area contributed by atoms with Gasteiger partial charge in [-0.2, -0.15) is 0 Å². The minimum absolute atomic E-state index is 0.955. The van der Waals surface area contributed by atoms with Crippen molar-refractivity contribution in [1.82, 2.24) is 9.80 Å². The lowest BCUT2D eigenvalue weighted by atomic mass is 9.93. The Morgan fingerprint density at radius 1 is 0.412 bits per heavy atom. The summed E-state index contributed by atoms with van der Waals surface area (Å²) in [7, 11) is 0. The molecule has 1 fully saturated rings. The van der Waals surface area contributed by atoms with Gasteiger partial charge in [0.2, 0.25) is 0 Å². The van der Waals surface area contributed by atoms with Crippen molar-refractivity contribution in [3.63, 3.8) is 0 Å². The third-order valence-corrected chi connectivity index (χ3v) is 8.24. The predicted molar refractivity (Wildman–Crippen MR) is 155 cm³/mol. The average Bonchev–Trinajstić information content (AvgIpc) is 2.85. The summed E-state index contributed by atoms with van der Waals surface area (Å²) in [5, 5.41) is 0. The minimum atomic E-state index is 0.955. The number of piperazine rings is 1. The van der Waals surface area contributed by atoms with Crippen LogP contribution >= 0.6 is 0 Å². The van der Waals surface area contributed by atoms with Gasteiger partial charge in [-0.3, -0.25) is 0 Å². The van der Waals surface area contributed by atoms with Crippen molar-refractivity contribution < 1.29 is 0 Å². The van der Waals surface area contributed by atoms with E-state index in [9.17, 15) is 0 Å². The first-order valence-corrected chi connectivity index (χ1v) is 16.2. The van der Waals surface area contributed by atoms with E-state index in [2.05, 4.69) is 30.6 Å². The topological polar surface area (TPSA) is 6.48 Å². The number of hydrogen-bond acceptors (Lipinski definition) is 2. The summed E-state index contributed by atoms with van der Waals surface area (Å²) in [4.78, 5) is 5.57. The molecule has 204 valence electrons. The zero-order chi connectivity index (χ0) is 24.5. The summed E-state index contributed by atoms with van der Waals surface area (Å²) in [5.74, 6) is 0.955. The number of nitrogens with zero attached hydrogens (tertiary/aromatic N) is 2. The molecule has 1 rings (SSSR count). The van der Waals surface area contributed by atoms with Crippen LogP contribution < -0.4 is 0 Å². The molecule has 0 saturated carbocycles. The van der Waals surface area contributed by atoms with Gasteiger partial charge in [0.15, 0.2) is 0 Å². The van der Waals surface area contributed by atoms with E-state index in [1.165, 1.54) is 181 Å². The average molecular weight is 479 g/mol. The molecule has 0 aromatic rings. The third kappa shape index (κ3) is 19.1. The normalized spacial score (nSPS) is 16.3. The van der Waals surface area contributed by atoms with Crippen molar-refractivity contribution in [2.24, 2.45) is 5.92 Å². The number of unbranched alkanes of at least 4 members (excludes halogenated alkanes) is 17. The van der Waals surface area contributed by atoms with Crippen LogP contribution in [-0.2, 0) is 0 Å². The molecule has 0 N–H and O–H groups in total. The highest BCUT2D eigenvalue weighted by Gasteiger charge is 2.19. The van der Waals surface area contributed by atoms with Crippen LogP contribution in [-0.4, -0.2) is 49.1 Å². The van der Waals surface area contributed by atoms with E-state index >= 15 is 0 Å². The summed E-state index contributed by atoms with van der Waals surface area (Å²) < 4.78 is 0. The summed E-state index contributed by atoms with van der Waals surface area (Å²) in [5.41, 5.74) is 0. The van der Waals surface area contributed by atoms with Gasteiger partial charge >= 0.3 is 0 Å². The third-order valence-electron chi connectivity index (χ3n) is 8.24. The fourth-order valence-corrected chi connectivity index (χ4v) is 5.78. The van der Waals surface area contributed by atoms with Gasteiger partial charge in [0, 0.05) is 32.7 Å². The molecule has 1 unspecified atom stereocenters. The molecule has 0 spiro atoms. The van der Waals surface area contributed by atoms with Crippen LogP contribution in [0, 0.1) is 5.92 Å². The molecule has 2 heteroatoms. The highest BCUT2D eigenvalue weighted by atomic mass is 15.3. The van der Waals surface area contributed by atoms with Crippen molar-refractivity contribution in [3.05, 3.63) is 0 Å². The Kier molecular flexibility index (Phi) is 23.1. The summed E-state index contributed by atoms with van der Waals surface area (Å²) >= 11 is 0. The Morgan fingerprint density at radius 3 is 1.21 bits per heavy atom. The van der Waals surface area contributed by atoms with Gasteiger partial charge in [-0.15, -0.1) is 0 Å². The second kappa shape index (κ2) is 24.6. The van der Waals surface area contributed by atoms with Crippen molar-refractivity contribution in [2.45, 2.75) is 162 Å². The van der Waals surface area contributed by atoms with E-state index < -0.39 is 0 Å². The van der Waals surface area contributed by atoms with E-state index in [4.69, 9.17) is 0 Å². The minimum Gasteiger partial charge on any atom is -0.301 e. The van der Waals surface area contributed by atoms with Crippen molar-refractivity contribution >= 4 is 0 Å². The molecule has 0 amide bonds. The largest absolute Gasteiger partial charge is 0.301 e. The highest BCUT2D eigenvalue weighted by Crippen LogP contribution is 2.21. The van der Waals surface area contributed by atoms with Gasteiger partial charge in [-0.1, -0.05) is 143 Å². The molecule has 34 heavy (non-hydrogen) atoms. The van der Waals surface area contributed by atoms with Gasteiger partial charge in [-0.05, 0) is 31.7 Å². The van der Waals surface area contributed by atoms with E-state index in [0.29, 0.717) is 0 Å². The van der Waals surface area contributed by atoms with E-state index in [-0.39, 0.29) is 0 Å². The Morgan fingerprint density at radius 2 is 0.765 bits per heavy atom. The first kappa shape index (κ1) is 31.9. The lowest BCUT2D eigenvalue weighted by Crippen LogP contribution is -2.47. The fourth-order valence-electron chi connectivity index (χ4n) is 5.78. The van der Waals surface area contributed by atoms with Crippen LogP contribution in [0.25, 0.3) is 0 Å². The standard InChI is InChI=1S/C32H66N2/c1-4-7-10-13-16-17-19-22-25-32(24-21-18-14-11-8-5-2)31-34-29-27-33(28-30-34)26-23-20-15-12-9-6-3/h32H,4-31H2,1-3H3. The van der Waals surface area contributed by atoms with Crippen LogP contribution in [0.5, 0.6) is 0 Å². The van der Waals surface area contributed by atoms with Gasteiger partial charge < -0.3 is 9.80 Å². The monoisotopic (exact) mass is 479 g/mol. The summed E-state index contributed by atoms with van der Waals surface area (Å²) in [6.07, 6.45) is 31.8. The maximum atomic E-state index is 2.82. The molecular formula is C32H66N2.